The number of hydrogen-bond donors (Lipinski definition) is 1. The topological polar surface area (TPSA) is 86.5 Å². The van der Waals surface area contributed by atoms with Crippen molar-refractivity contribution in [3.05, 3.63) is 59.5 Å². The lowest BCUT2D eigenvalue weighted by Crippen LogP contribution is -2.14. The smallest absolute Gasteiger partial charge is 0.322 e. The monoisotopic (exact) mass is 383 g/mol. The number of nitrogens with zero attached hydrogens (tertiary/aromatic N) is 2. The number of fused-ring (bicyclic) bond motifs is 1. The predicted molar refractivity (Wildman–Crippen MR) is 100 cm³/mol. The van der Waals surface area contributed by atoms with Gasteiger partial charge in [0.15, 0.2) is 11.5 Å². The van der Waals surface area contributed by atoms with Crippen LogP contribution in [-0.4, -0.2) is 28.7 Å². The minimum atomic E-state index is -0.196. The van der Waals surface area contributed by atoms with Crippen molar-refractivity contribution in [3.63, 3.8) is 0 Å². The van der Waals surface area contributed by atoms with Crippen LogP contribution in [0.25, 0.3) is 0 Å². The maximum absolute atomic E-state index is 12.1. The maximum Gasteiger partial charge on any atom is 0.322 e. The van der Waals surface area contributed by atoms with Crippen LogP contribution in [0.4, 0.5) is 6.01 Å². The highest BCUT2D eigenvalue weighted by atomic mass is 32.2. The second-order valence-electron chi connectivity index (χ2n) is 6.02. The zero-order valence-electron chi connectivity index (χ0n) is 14.6. The molecule has 0 radical (unpaired) electrons. The van der Waals surface area contributed by atoms with Crippen LogP contribution in [0.1, 0.15) is 17.0 Å². The zero-order chi connectivity index (χ0) is 18.6. The number of aromatic nitrogens is 2. The molecule has 1 aromatic heterocycles. The molecule has 2 aromatic carbocycles. The Morgan fingerprint density at radius 2 is 1.93 bits per heavy atom. The summed E-state index contributed by atoms with van der Waals surface area (Å²) in [6.45, 7) is 2.26. The van der Waals surface area contributed by atoms with Gasteiger partial charge in [0.25, 0.3) is 0 Å². The fourth-order valence-electron chi connectivity index (χ4n) is 2.54. The lowest BCUT2D eigenvalue weighted by atomic mass is 10.1. The van der Waals surface area contributed by atoms with E-state index in [2.05, 4.69) is 15.5 Å². The Labute approximate surface area is 160 Å². The molecule has 0 saturated heterocycles. The summed E-state index contributed by atoms with van der Waals surface area (Å²) in [5.41, 5.74) is 2.14. The van der Waals surface area contributed by atoms with E-state index in [0.717, 1.165) is 16.2 Å². The Hall–Kier alpha value is -3.00. The average Bonchev–Trinajstić information content (AvgIpc) is 3.30. The van der Waals surface area contributed by atoms with Gasteiger partial charge in [0.05, 0.1) is 12.2 Å². The molecule has 7 nitrogen and oxygen atoms in total. The maximum atomic E-state index is 12.1. The molecule has 1 amide bonds. The van der Waals surface area contributed by atoms with E-state index in [1.807, 2.05) is 49.4 Å². The molecule has 0 saturated carbocycles. The van der Waals surface area contributed by atoms with Crippen LogP contribution in [-0.2, 0) is 11.2 Å². The molecule has 138 valence electrons. The highest BCUT2D eigenvalue weighted by molar-refractivity contribution is 8.00. The summed E-state index contributed by atoms with van der Waals surface area (Å²) >= 11 is 1.45. The summed E-state index contributed by atoms with van der Waals surface area (Å²) in [5.74, 6) is 1.91. The number of aryl methyl sites for hydroxylation is 1. The third kappa shape index (κ3) is 4.40. The Balaban J connectivity index is 1.31. The summed E-state index contributed by atoms with van der Waals surface area (Å²) in [4.78, 5) is 13.1. The van der Waals surface area contributed by atoms with Crippen molar-refractivity contribution in [2.45, 2.75) is 18.2 Å². The van der Waals surface area contributed by atoms with E-state index in [1.54, 1.807) is 0 Å². The number of hydrogen-bond acceptors (Lipinski definition) is 7. The van der Waals surface area contributed by atoms with Gasteiger partial charge in [0.1, 0.15) is 0 Å². The van der Waals surface area contributed by atoms with Gasteiger partial charge in [-0.1, -0.05) is 28.9 Å². The Morgan fingerprint density at radius 3 is 2.78 bits per heavy atom. The van der Waals surface area contributed by atoms with Crippen molar-refractivity contribution in [2.75, 3.05) is 17.9 Å². The molecule has 1 aliphatic heterocycles. The molecule has 1 N–H and O–H groups in total. The second-order valence-corrected chi connectivity index (χ2v) is 7.06. The number of carbonyl (C=O) groups excluding carboxylic acids is 1. The normalized spacial score (nSPS) is 12.2. The van der Waals surface area contributed by atoms with E-state index in [0.29, 0.717) is 18.1 Å². The second kappa shape index (κ2) is 7.71. The van der Waals surface area contributed by atoms with E-state index in [1.165, 1.54) is 17.3 Å². The van der Waals surface area contributed by atoms with Crippen molar-refractivity contribution in [3.8, 4) is 11.5 Å². The number of rotatable bonds is 6. The van der Waals surface area contributed by atoms with Gasteiger partial charge >= 0.3 is 6.01 Å². The van der Waals surface area contributed by atoms with Crippen molar-refractivity contribution in [2.24, 2.45) is 0 Å². The van der Waals surface area contributed by atoms with Gasteiger partial charge in [-0.05, 0) is 36.8 Å². The highest BCUT2D eigenvalue weighted by Crippen LogP contribution is 2.33. The van der Waals surface area contributed by atoms with Gasteiger partial charge in [-0.2, -0.15) is 0 Å². The fourth-order valence-corrected chi connectivity index (χ4v) is 3.24. The molecule has 27 heavy (non-hydrogen) atoms. The van der Waals surface area contributed by atoms with Crippen molar-refractivity contribution < 1.29 is 18.7 Å². The van der Waals surface area contributed by atoms with Crippen molar-refractivity contribution in [1.29, 1.82) is 0 Å². The molecule has 0 bridgehead atoms. The van der Waals surface area contributed by atoms with Crippen LogP contribution in [0.5, 0.6) is 11.5 Å². The Kier molecular flexibility index (Phi) is 4.97. The molecule has 2 heterocycles. The van der Waals surface area contributed by atoms with Gasteiger partial charge in [-0.15, -0.1) is 16.9 Å². The number of anilines is 1. The zero-order valence-corrected chi connectivity index (χ0v) is 15.4. The third-order valence-corrected chi connectivity index (χ3v) is 4.91. The quantitative estimate of drug-likeness (QED) is 0.653. The molecule has 1 aliphatic rings. The van der Waals surface area contributed by atoms with E-state index in [9.17, 15) is 4.79 Å². The van der Waals surface area contributed by atoms with Gasteiger partial charge in [-0.25, -0.2) is 0 Å². The third-order valence-electron chi connectivity index (χ3n) is 3.90. The van der Waals surface area contributed by atoms with Gasteiger partial charge in [0, 0.05) is 4.90 Å². The standard InChI is InChI=1S/C19H17N3O4S/c1-12-2-5-14(6-3-12)27-10-17(23)20-19-22-21-18(26-19)9-13-4-7-15-16(8-13)25-11-24-15/h2-8H,9-11H2,1H3,(H,20,22,23). The van der Waals surface area contributed by atoms with Crippen LogP contribution < -0.4 is 14.8 Å². The van der Waals surface area contributed by atoms with Crippen LogP contribution in [0, 0.1) is 6.92 Å². The van der Waals surface area contributed by atoms with Crippen LogP contribution in [0.3, 0.4) is 0 Å². The highest BCUT2D eigenvalue weighted by Gasteiger charge is 2.15. The summed E-state index contributed by atoms with van der Waals surface area (Å²) in [7, 11) is 0. The first kappa shape index (κ1) is 17.4. The molecule has 0 unspecified atom stereocenters. The van der Waals surface area contributed by atoms with E-state index in [-0.39, 0.29) is 24.5 Å². The van der Waals surface area contributed by atoms with Crippen LogP contribution in [0.2, 0.25) is 0 Å². The number of ether oxygens (including phenoxy) is 2. The number of benzene rings is 2. The molecule has 0 fully saturated rings. The summed E-state index contributed by atoms with van der Waals surface area (Å²) in [6.07, 6.45) is 0.442. The largest absolute Gasteiger partial charge is 0.454 e. The van der Waals surface area contributed by atoms with Crippen LogP contribution in [0.15, 0.2) is 51.8 Å². The molecule has 0 aliphatic carbocycles. The molecule has 0 atom stereocenters. The van der Waals surface area contributed by atoms with E-state index < -0.39 is 0 Å². The molecular formula is C19H17N3O4S. The average molecular weight is 383 g/mol. The van der Waals surface area contributed by atoms with Crippen molar-refractivity contribution in [1.82, 2.24) is 10.2 Å². The summed E-state index contributed by atoms with van der Waals surface area (Å²) < 4.78 is 16.2. The number of nitrogens with one attached hydrogen (secondary N) is 1. The molecule has 0 spiro atoms. The lowest BCUT2D eigenvalue weighted by Gasteiger charge is -2.02. The van der Waals surface area contributed by atoms with E-state index >= 15 is 0 Å². The minimum Gasteiger partial charge on any atom is -0.454 e. The fraction of sp³-hybridized carbons (Fsp3) is 0.211. The summed E-state index contributed by atoms with van der Waals surface area (Å²) in [5, 5.41) is 10.5. The Morgan fingerprint density at radius 1 is 1.11 bits per heavy atom. The first-order valence-electron chi connectivity index (χ1n) is 8.36. The molecular weight excluding hydrogens is 366 g/mol. The summed E-state index contributed by atoms with van der Waals surface area (Å²) in [6, 6.07) is 13.7. The molecule has 8 heteroatoms. The predicted octanol–water partition coefficient (Wildman–Crippen LogP) is 3.43. The van der Waals surface area contributed by atoms with E-state index in [4.69, 9.17) is 13.9 Å². The van der Waals surface area contributed by atoms with Gasteiger partial charge in [0.2, 0.25) is 18.6 Å². The Bertz CT molecular complexity index is 956. The van der Waals surface area contributed by atoms with Crippen LogP contribution >= 0.6 is 11.8 Å². The molecule has 4 rings (SSSR count). The first-order chi connectivity index (χ1) is 13.2. The minimum absolute atomic E-state index is 0.0975. The van der Waals surface area contributed by atoms with Crippen molar-refractivity contribution >= 4 is 23.7 Å². The first-order valence-corrected chi connectivity index (χ1v) is 9.34. The lowest BCUT2D eigenvalue weighted by molar-refractivity contribution is -0.113. The van der Waals surface area contributed by atoms with Gasteiger partial charge < -0.3 is 13.9 Å². The number of carbonyl (C=O) groups is 1. The number of thioether (sulfide) groups is 1. The number of amides is 1. The van der Waals surface area contributed by atoms with Gasteiger partial charge in [-0.3, -0.25) is 10.1 Å². The SMILES string of the molecule is Cc1ccc(SCC(=O)Nc2nnc(Cc3ccc4c(c3)OCO4)o2)cc1. The molecule has 3 aromatic rings.